The summed E-state index contributed by atoms with van der Waals surface area (Å²) in [6.45, 7) is 3.17. The highest BCUT2D eigenvalue weighted by Crippen LogP contribution is 2.07. The van der Waals surface area contributed by atoms with Crippen molar-refractivity contribution in [2.75, 3.05) is 0 Å². The molecule has 9 heteroatoms. The second-order valence-corrected chi connectivity index (χ2v) is 6.93. The van der Waals surface area contributed by atoms with Crippen LogP contribution in [0.1, 0.15) is 19.4 Å². The molecule has 1 atom stereocenters. The van der Waals surface area contributed by atoms with E-state index in [1.165, 1.54) is 0 Å². The minimum Gasteiger partial charge on any atom is -0.445 e. The van der Waals surface area contributed by atoms with Crippen LogP contribution in [0.3, 0.4) is 0 Å². The van der Waals surface area contributed by atoms with Crippen molar-refractivity contribution < 1.29 is 19.1 Å². The summed E-state index contributed by atoms with van der Waals surface area (Å²) < 4.78 is 11.3. The molecule has 30 heavy (non-hydrogen) atoms. The molecule has 0 saturated heterocycles. The van der Waals surface area contributed by atoms with Gasteiger partial charge in [-0.25, -0.2) is 9.59 Å². The lowest BCUT2D eigenvalue weighted by Crippen LogP contribution is -2.46. The molecule has 0 bridgehead atoms. The number of hydrogen-bond acceptors (Lipinski definition) is 7. The van der Waals surface area contributed by atoms with E-state index in [4.69, 9.17) is 9.47 Å². The van der Waals surface area contributed by atoms with Gasteiger partial charge in [0.15, 0.2) is 6.73 Å². The van der Waals surface area contributed by atoms with Crippen molar-refractivity contribution in [1.29, 1.82) is 0 Å². The van der Waals surface area contributed by atoms with Gasteiger partial charge in [0.05, 0.1) is 5.39 Å². The molecule has 0 aliphatic carbocycles. The molecule has 3 rings (SSSR count). The number of amides is 1. The number of benzene rings is 2. The van der Waals surface area contributed by atoms with Crippen LogP contribution in [0.25, 0.3) is 10.9 Å². The number of alkyl carbamates (subject to hydrolysis) is 1. The number of carbonyl (C=O) groups is 2. The van der Waals surface area contributed by atoms with Crippen molar-refractivity contribution in [3.8, 4) is 0 Å². The zero-order valence-electron chi connectivity index (χ0n) is 16.6. The summed E-state index contributed by atoms with van der Waals surface area (Å²) in [6.07, 6.45) is -0.739. The first-order valence-corrected chi connectivity index (χ1v) is 9.42. The van der Waals surface area contributed by atoms with Gasteiger partial charge in [-0.1, -0.05) is 61.5 Å². The molecule has 1 N–H and O–H groups in total. The van der Waals surface area contributed by atoms with E-state index < -0.39 is 30.4 Å². The SMILES string of the molecule is CC(C)[C@H](NC(=O)OCc1ccccc1)C(=O)OCn1nnc2ccccc2c1=O. The fraction of sp³-hybridized carbons (Fsp3) is 0.286. The third-order valence-corrected chi connectivity index (χ3v) is 4.37. The molecule has 0 saturated carbocycles. The molecule has 156 valence electrons. The van der Waals surface area contributed by atoms with E-state index in [0.29, 0.717) is 10.9 Å². The fourth-order valence-corrected chi connectivity index (χ4v) is 2.71. The van der Waals surface area contributed by atoms with Crippen molar-refractivity contribution in [3.05, 3.63) is 70.5 Å². The van der Waals surface area contributed by atoms with Gasteiger partial charge in [-0.2, -0.15) is 4.68 Å². The second kappa shape index (κ2) is 9.64. The van der Waals surface area contributed by atoms with Crippen molar-refractivity contribution in [3.63, 3.8) is 0 Å². The lowest BCUT2D eigenvalue weighted by Gasteiger charge is -2.20. The number of hydrogen-bond donors (Lipinski definition) is 1. The van der Waals surface area contributed by atoms with Crippen LogP contribution in [0.2, 0.25) is 0 Å². The first-order chi connectivity index (χ1) is 14.5. The Morgan fingerprint density at radius 2 is 1.73 bits per heavy atom. The number of ether oxygens (including phenoxy) is 2. The second-order valence-electron chi connectivity index (χ2n) is 6.93. The topological polar surface area (TPSA) is 112 Å². The zero-order valence-corrected chi connectivity index (χ0v) is 16.6. The number of nitrogens with one attached hydrogen (secondary N) is 1. The van der Waals surface area contributed by atoms with E-state index in [9.17, 15) is 14.4 Å². The Morgan fingerprint density at radius 1 is 1.03 bits per heavy atom. The van der Waals surface area contributed by atoms with Crippen molar-refractivity contribution in [2.24, 2.45) is 5.92 Å². The number of carbonyl (C=O) groups excluding carboxylic acids is 2. The molecule has 0 unspecified atom stereocenters. The van der Waals surface area contributed by atoms with E-state index in [-0.39, 0.29) is 12.5 Å². The largest absolute Gasteiger partial charge is 0.445 e. The first-order valence-electron chi connectivity index (χ1n) is 9.42. The van der Waals surface area contributed by atoms with Crippen LogP contribution >= 0.6 is 0 Å². The molecular weight excluding hydrogens is 388 g/mol. The van der Waals surface area contributed by atoms with Gasteiger partial charge in [0.1, 0.15) is 18.2 Å². The Bertz CT molecular complexity index is 1080. The predicted octanol–water partition coefficient (Wildman–Crippen LogP) is 2.24. The Hall–Kier alpha value is -3.75. The number of nitrogens with zero attached hydrogens (tertiary/aromatic N) is 3. The Labute approximate surface area is 172 Å². The standard InChI is InChI=1S/C21H22N4O5/c1-14(2)18(22-21(28)29-12-15-8-4-3-5-9-15)20(27)30-13-25-19(26)16-10-6-7-11-17(16)23-24-25/h3-11,14,18H,12-13H2,1-2H3,(H,22,28)/t18-/m0/s1. The molecule has 2 aromatic carbocycles. The molecule has 0 radical (unpaired) electrons. The minimum atomic E-state index is -0.947. The van der Waals surface area contributed by atoms with Crippen molar-refractivity contribution in [1.82, 2.24) is 20.3 Å². The third kappa shape index (κ3) is 5.19. The van der Waals surface area contributed by atoms with Gasteiger partial charge in [-0.05, 0) is 23.6 Å². The van der Waals surface area contributed by atoms with Gasteiger partial charge in [0.2, 0.25) is 0 Å². The molecule has 0 fully saturated rings. The van der Waals surface area contributed by atoms with Crippen molar-refractivity contribution >= 4 is 23.0 Å². The Balaban J connectivity index is 1.59. The van der Waals surface area contributed by atoms with Gasteiger partial charge in [-0.3, -0.25) is 4.79 Å². The quantitative estimate of drug-likeness (QED) is 0.595. The van der Waals surface area contributed by atoms with Crippen LogP contribution in [0.5, 0.6) is 0 Å². The van der Waals surface area contributed by atoms with Crippen LogP contribution < -0.4 is 10.9 Å². The van der Waals surface area contributed by atoms with Gasteiger partial charge >= 0.3 is 12.1 Å². The highest BCUT2D eigenvalue weighted by atomic mass is 16.6. The Kier molecular flexibility index (Phi) is 6.74. The van der Waals surface area contributed by atoms with Crippen molar-refractivity contribution in [2.45, 2.75) is 33.2 Å². The van der Waals surface area contributed by atoms with Gasteiger partial charge < -0.3 is 14.8 Å². The van der Waals surface area contributed by atoms with E-state index >= 15 is 0 Å². The first kappa shape index (κ1) is 21.0. The maximum absolute atomic E-state index is 12.5. The maximum atomic E-state index is 12.5. The normalized spacial score (nSPS) is 11.8. The van der Waals surface area contributed by atoms with Gasteiger partial charge in [-0.15, -0.1) is 5.10 Å². The number of esters is 1. The fourth-order valence-electron chi connectivity index (χ4n) is 2.71. The van der Waals surface area contributed by atoms with Crippen LogP contribution in [-0.2, 0) is 27.6 Å². The van der Waals surface area contributed by atoms with E-state index in [2.05, 4.69) is 15.6 Å². The summed E-state index contributed by atoms with van der Waals surface area (Å²) in [4.78, 5) is 37.0. The molecule has 0 aliphatic heterocycles. The third-order valence-electron chi connectivity index (χ3n) is 4.37. The van der Waals surface area contributed by atoms with Crippen LogP contribution in [0.4, 0.5) is 4.79 Å². The van der Waals surface area contributed by atoms with E-state index in [1.54, 1.807) is 38.1 Å². The number of fused-ring (bicyclic) bond motifs is 1. The minimum absolute atomic E-state index is 0.0780. The average molecular weight is 410 g/mol. The summed E-state index contributed by atoms with van der Waals surface area (Å²) in [5.74, 6) is -0.968. The highest BCUT2D eigenvalue weighted by molar-refractivity contribution is 5.81. The van der Waals surface area contributed by atoms with Gasteiger partial charge in [0.25, 0.3) is 5.56 Å². The van der Waals surface area contributed by atoms with Crippen LogP contribution in [0.15, 0.2) is 59.4 Å². The summed E-state index contributed by atoms with van der Waals surface area (Å²) in [7, 11) is 0. The van der Waals surface area contributed by atoms with Crippen LogP contribution in [0, 0.1) is 5.92 Å². The number of aromatic nitrogens is 3. The van der Waals surface area contributed by atoms with E-state index in [0.717, 1.165) is 10.2 Å². The lowest BCUT2D eigenvalue weighted by molar-refractivity contribution is -0.151. The van der Waals surface area contributed by atoms with E-state index in [1.807, 2.05) is 30.3 Å². The highest BCUT2D eigenvalue weighted by Gasteiger charge is 2.26. The summed E-state index contributed by atoms with van der Waals surface area (Å²) in [5, 5.41) is 10.6. The summed E-state index contributed by atoms with van der Waals surface area (Å²) >= 11 is 0. The average Bonchev–Trinajstić information content (AvgIpc) is 2.76. The molecule has 0 aliphatic rings. The lowest BCUT2D eigenvalue weighted by atomic mass is 10.1. The molecule has 9 nitrogen and oxygen atoms in total. The Morgan fingerprint density at radius 3 is 2.47 bits per heavy atom. The predicted molar refractivity (Wildman–Crippen MR) is 108 cm³/mol. The molecule has 0 spiro atoms. The molecule has 1 amide bonds. The monoisotopic (exact) mass is 410 g/mol. The molecule has 1 heterocycles. The summed E-state index contributed by atoms with van der Waals surface area (Å²) in [5.41, 5.74) is 0.850. The smallest absolute Gasteiger partial charge is 0.408 e. The van der Waals surface area contributed by atoms with Crippen LogP contribution in [-0.4, -0.2) is 33.1 Å². The molecule has 1 aromatic heterocycles. The molecular formula is C21H22N4O5. The molecule has 3 aromatic rings. The summed E-state index contributed by atoms with van der Waals surface area (Å²) in [6, 6.07) is 15.0. The maximum Gasteiger partial charge on any atom is 0.408 e. The zero-order chi connectivity index (χ0) is 21.5. The number of rotatable bonds is 7. The van der Waals surface area contributed by atoms with Gasteiger partial charge in [0, 0.05) is 0 Å².